The van der Waals surface area contributed by atoms with E-state index in [1.54, 1.807) is 0 Å². The van der Waals surface area contributed by atoms with E-state index in [1.807, 2.05) is 0 Å². The molecule has 4 nitrogen and oxygen atoms in total. The second-order valence-electron chi connectivity index (χ2n) is 1.84. The highest BCUT2D eigenvalue weighted by atomic mass is 16.5. The van der Waals surface area contributed by atoms with Gasteiger partial charge in [-0.1, -0.05) is 0 Å². The van der Waals surface area contributed by atoms with Crippen LogP contribution in [0.25, 0.3) is 0 Å². The maximum Gasteiger partial charge on any atom is 0.428 e. The van der Waals surface area contributed by atoms with Gasteiger partial charge in [0.25, 0.3) is 0 Å². The molecule has 0 fully saturated rings. The predicted molar refractivity (Wildman–Crippen MR) is 39.0 cm³/mol. The van der Waals surface area contributed by atoms with E-state index in [4.69, 9.17) is 5.02 Å². The van der Waals surface area contributed by atoms with Crippen molar-refractivity contribution in [2.45, 2.75) is 13.7 Å². The molecule has 0 aromatic heterocycles. The number of carbonyl (C=O) groups is 1. The molecule has 0 saturated carbocycles. The van der Waals surface area contributed by atoms with Crippen molar-refractivity contribution in [2.24, 2.45) is 4.90 Å². The van der Waals surface area contributed by atoms with Gasteiger partial charge in [-0.05, 0) is 13.7 Å². The van der Waals surface area contributed by atoms with Gasteiger partial charge >= 0.3 is 13.0 Å². The molecule has 0 amide bonds. The number of esters is 1. The quantitative estimate of drug-likeness (QED) is 0.328. The number of hydrogen-bond acceptors (Lipinski definition) is 4. The van der Waals surface area contributed by atoms with E-state index >= 15 is 0 Å². The van der Waals surface area contributed by atoms with Gasteiger partial charge in [-0.2, -0.15) is 0 Å². The molecule has 0 unspecified atom stereocenters. The van der Waals surface area contributed by atoms with Gasteiger partial charge in [-0.25, -0.2) is 4.79 Å². The normalized spacial score (nSPS) is 11.0. The van der Waals surface area contributed by atoms with Crippen molar-refractivity contribution in [3.8, 4) is 0 Å². The topological polar surface area (TPSA) is 58.9 Å². The van der Waals surface area contributed by atoms with Crippen LogP contribution in [0.2, 0.25) is 6.82 Å². The average molecular weight is 143 g/mol. The van der Waals surface area contributed by atoms with E-state index in [2.05, 4.69) is 9.64 Å². The van der Waals surface area contributed by atoms with Crippen LogP contribution in [0.1, 0.15) is 6.92 Å². The minimum atomic E-state index is -0.848. The highest BCUT2D eigenvalue weighted by Crippen LogP contribution is 1.84. The fourth-order valence-electron chi connectivity index (χ4n) is 0.481. The molecule has 0 rings (SSSR count). The van der Waals surface area contributed by atoms with Gasteiger partial charge < -0.3 is 14.7 Å². The maximum atomic E-state index is 10.6. The number of ether oxygens (including phenoxy) is 1. The fraction of sp³-hybridized carbons (Fsp3) is 0.600. The summed E-state index contributed by atoms with van der Waals surface area (Å²) in [6, 6.07) is 0. The third kappa shape index (κ3) is 3.24. The van der Waals surface area contributed by atoms with E-state index in [0.717, 1.165) is 0 Å². The predicted octanol–water partition coefficient (Wildman–Crippen LogP) is -0.269. The Balaban J connectivity index is 4.05. The van der Waals surface area contributed by atoms with Crippen LogP contribution in [0.3, 0.4) is 0 Å². The summed E-state index contributed by atoms with van der Waals surface area (Å²) in [5.41, 5.74) is 0.178. The largest absolute Gasteiger partial charge is 0.465 e. The molecule has 0 heterocycles. The summed E-state index contributed by atoms with van der Waals surface area (Å²) in [6.07, 6.45) is 0. The summed E-state index contributed by atoms with van der Waals surface area (Å²) in [5, 5.41) is 8.67. The summed E-state index contributed by atoms with van der Waals surface area (Å²) < 4.78 is 4.33. The van der Waals surface area contributed by atoms with E-state index in [0.29, 0.717) is 0 Å². The number of methoxy groups -OCH3 is 1. The van der Waals surface area contributed by atoms with E-state index < -0.39 is 13.0 Å². The van der Waals surface area contributed by atoms with Crippen LogP contribution in [-0.2, 0) is 9.53 Å². The molecule has 10 heavy (non-hydrogen) atoms. The summed E-state index contributed by atoms with van der Waals surface area (Å²) in [5.74, 6) is -0.513. The van der Waals surface area contributed by atoms with Gasteiger partial charge in [-0.3, -0.25) is 0 Å². The van der Waals surface area contributed by atoms with Crippen LogP contribution in [0.15, 0.2) is 4.90 Å². The Hall–Kier alpha value is -0.835. The molecular weight excluding hydrogens is 133 g/mol. The molecule has 0 aromatic carbocycles. The minimum absolute atomic E-state index is 0.178. The first-order valence-corrected chi connectivity index (χ1v) is 2.88. The highest BCUT2D eigenvalue weighted by Gasteiger charge is 2.07. The average Bonchev–Trinajstić information content (AvgIpc) is 1.85. The summed E-state index contributed by atoms with van der Waals surface area (Å²) in [6.45, 7) is 2.95. The molecule has 0 aliphatic heterocycles. The van der Waals surface area contributed by atoms with Gasteiger partial charge in [0.05, 0.1) is 7.11 Å². The molecular formula is C5H10BNO3. The zero-order chi connectivity index (χ0) is 8.15. The maximum absolute atomic E-state index is 10.6. The van der Waals surface area contributed by atoms with Gasteiger partial charge in [0.2, 0.25) is 0 Å². The standard InChI is InChI=1S/C5H10BNO3/c1-4(5(8)10-3)7-6(2)9/h9H,1-3H3. The van der Waals surface area contributed by atoms with E-state index in [-0.39, 0.29) is 5.71 Å². The van der Waals surface area contributed by atoms with Crippen LogP contribution in [0.5, 0.6) is 0 Å². The molecule has 5 heteroatoms. The molecule has 1 N–H and O–H groups in total. The third-order valence-corrected chi connectivity index (χ3v) is 0.861. The van der Waals surface area contributed by atoms with Crippen molar-refractivity contribution >= 4 is 18.7 Å². The lowest BCUT2D eigenvalue weighted by Crippen LogP contribution is -2.16. The van der Waals surface area contributed by atoms with E-state index in [9.17, 15) is 4.79 Å². The van der Waals surface area contributed by atoms with Crippen molar-refractivity contribution in [1.29, 1.82) is 0 Å². The van der Waals surface area contributed by atoms with Gasteiger partial charge in [0.1, 0.15) is 5.71 Å². The smallest absolute Gasteiger partial charge is 0.428 e. The Labute approximate surface area is 60.0 Å². The molecule has 0 saturated heterocycles. The first kappa shape index (κ1) is 9.16. The monoisotopic (exact) mass is 143 g/mol. The summed E-state index contributed by atoms with van der Waals surface area (Å²) >= 11 is 0. The summed E-state index contributed by atoms with van der Waals surface area (Å²) in [7, 11) is 0.419. The lowest BCUT2D eigenvalue weighted by molar-refractivity contribution is -0.132. The fourth-order valence-corrected chi connectivity index (χ4v) is 0.481. The van der Waals surface area contributed by atoms with Crippen molar-refractivity contribution in [2.75, 3.05) is 7.11 Å². The van der Waals surface area contributed by atoms with Crippen LogP contribution in [0, 0.1) is 0 Å². The highest BCUT2D eigenvalue weighted by molar-refractivity contribution is 6.53. The van der Waals surface area contributed by atoms with Crippen LogP contribution < -0.4 is 0 Å². The SMILES string of the molecule is COC(=O)C(C)=NB(C)O. The minimum Gasteiger partial charge on any atom is -0.465 e. The first-order valence-electron chi connectivity index (χ1n) is 2.88. The number of carbonyl (C=O) groups excluding carboxylic acids is 1. The van der Waals surface area contributed by atoms with Crippen LogP contribution >= 0.6 is 0 Å². The Morgan fingerprint density at radius 3 is 2.50 bits per heavy atom. The molecule has 0 radical (unpaired) electrons. The third-order valence-electron chi connectivity index (χ3n) is 0.861. The molecule has 0 aliphatic carbocycles. The van der Waals surface area contributed by atoms with Crippen molar-refractivity contribution in [1.82, 2.24) is 0 Å². The summed E-state index contributed by atoms with van der Waals surface area (Å²) in [4.78, 5) is 14.1. The lowest BCUT2D eigenvalue weighted by Gasteiger charge is -1.96. The number of rotatable bonds is 2. The van der Waals surface area contributed by atoms with E-state index in [1.165, 1.54) is 20.9 Å². The Bertz CT molecular complexity index is 155. The number of nitrogens with zero attached hydrogens (tertiary/aromatic N) is 1. The van der Waals surface area contributed by atoms with Crippen LogP contribution in [0.4, 0.5) is 0 Å². The molecule has 0 spiro atoms. The Morgan fingerprint density at radius 1 is 1.70 bits per heavy atom. The molecule has 0 bridgehead atoms. The van der Waals surface area contributed by atoms with Gasteiger partial charge in [-0.15, -0.1) is 0 Å². The van der Waals surface area contributed by atoms with Gasteiger partial charge in [0, 0.05) is 0 Å². The van der Waals surface area contributed by atoms with Crippen molar-refractivity contribution in [3.05, 3.63) is 0 Å². The van der Waals surface area contributed by atoms with Crippen molar-refractivity contribution in [3.63, 3.8) is 0 Å². The second-order valence-corrected chi connectivity index (χ2v) is 1.84. The van der Waals surface area contributed by atoms with Crippen molar-refractivity contribution < 1.29 is 14.6 Å². The molecule has 0 atom stereocenters. The number of hydrogen-bond donors (Lipinski definition) is 1. The Kier molecular flexibility index (Phi) is 3.72. The second kappa shape index (κ2) is 4.06. The van der Waals surface area contributed by atoms with Crippen LogP contribution in [-0.4, -0.2) is 30.9 Å². The Morgan fingerprint density at radius 2 is 2.20 bits per heavy atom. The lowest BCUT2D eigenvalue weighted by atomic mass is 9.90. The molecule has 0 aromatic rings. The first-order chi connectivity index (χ1) is 4.57. The zero-order valence-electron chi connectivity index (χ0n) is 6.29. The molecule has 56 valence electrons. The molecule has 0 aliphatic rings. The van der Waals surface area contributed by atoms with Gasteiger partial charge in [0.15, 0.2) is 0 Å². The zero-order valence-corrected chi connectivity index (χ0v) is 6.29.